The number of H-pyrrole nitrogens is 1. The average molecular weight is 419 g/mol. The highest BCUT2D eigenvalue weighted by molar-refractivity contribution is 6.30. The molecule has 3 N–H and O–H groups in total. The third-order valence-corrected chi connectivity index (χ3v) is 5.42. The summed E-state index contributed by atoms with van der Waals surface area (Å²) in [5, 5.41) is 7.93. The van der Waals surface area contributed by atoms with E-state index in [2.05, 4.69) is 51.1 Å². The van der Waals surface area contributed by atoms with Crippen molar-refractivity contribution in [2.24, 2.45) is 0 Å². The van der Waals surface area contributed by atoms with Gasteiger partial charge in [-0.25, -0.2) is 4.98 Å². The Morgan fingerprint density at radius 1 is 1.07 bits per heavy atom. The molecule has 0 aliphatic heterocycles. The number of fused-ring (bicyclic) bond motifs is 1. The summed E-state index contributed by atoms with van der Waals surface area (Å²) in [4.78, 5) is 20.1. The first-order valence-corrected chi connectivity index (χ1v) is 10.3. The van der Waals surface area contributed by atoms with E-state index in [0.29, 0.717) is 17.4 Å². The fourth-order valence-electron chi connectivity index (χ4n) is 3.55. The van der Waals surface area contributed by atoms with Crippen LogP contribution in [0.5, 0.6) is 0 Å². The first-order valence-electron chi connectivity index (χ1n) is 9.88. The van der Waals surface area contributed by atoms with Crippen LogP contribution in [-0.4, -0.2) is 28.5 Å². The highest BCUT2D eigenvalue weighted by Crippen LogP contribution is 2.30. The number of carbonyl (C=O) groups is 1. The average Bonchev–Trinajstić information content (AvgIpc) is 3.20. The smallest absolute Gasteiger partial charge is 0.242 e. The molecular formula is C24H23ClN4O. The molecule has 0 bridgehead atoms. The molecule has 0 aliphatic rings. The van der Waals surface area contributed by atoms with E-state index in [0.717, 1.165) is 5.52 Å². The third-order valence-electron chi connectivity index (χ3n) is 5.20. The van der Waals surface area contributed by atoms with Crippen LogP contribution in [0.3, 0.4) is 0 Å². The predicted octanol–water partition coefficient (Wildman–Crippen LogP) is 4.97. The number of rotatable bonds is 7. The summed E-state index contributed by atoms with van der Waals surface area (Å²) in [7, 11) is 0. The molecule has 0 saturated carbocycles. The van der Waals surface area contributed by atoms with Gasteiger partial charge < -0.3 is 15.6 Å². The molecule has 5 nitrogen and oxygen atoms in total. The van der Waals surface area contributed by atoms with Gasteiger partial charge in [-0.05, 0) is 36.2 Å². The number of carbonyl (C=O) groups excluding carboxylic acids is 1. The second-order valence-electron chi connectivity index (χ2n) is 7.23. The summed E-state index contributed by atoms with van der Waals surface area (Å²) in [5.74, 6) is 0.441. The third kappa shape index (κ3) is 4.53. The van der Waals surface area contributed by atoms with E-state index in [1.165, 1.54) is 22.7 Å². The highest BCUT2D eigenvalue weighted by atomic mass is 35.5. The zero-order valence-corrected chi connectivity index (χ0v) is 17.4. The van der Waals surface area contributed by atoms with Crippen molar-refractivity contribution in [1.82, 2.24) is 15.3 Å². The van der Waals surface area contributed by atoms with Gasteiger partial charge in [0.2, 0.25) is 5.91 Å². The second kappa shape index (κ2) is 9.11. The summed E-state index contributed by atoms with van der Waals surface area (Å²) < 4.78 is 0. The molecule has 0 spiro atoms. The first kappa shape index (κ1) is 20.1. The van der Waals surface area contributed by atoms with E-state index in [4.69, 9.17) is 11.6 Å². The predicted molar refractivity (Wildman–Crippen MR) is 122 cm³/mol. The molecule has 0 fully saturated rings. The number of hydrogen-bond acceptors (Lipinski definition) is 3. The summed E-state index contributed by atoms with van der Waals surface area (Å²) in [6, 6.07) is 21.6. The maximum Gasteiger partial charge on any atom is 0.242 e. The number of amides is 1. The van der Waals surface area contributed by atoms with Crippen molar-refractivity contribution in [3.8, 4) is 0 Å². The SMILES string of the molecule is C[C@H](NC[C@H](c1ccccc1)c1c[nH]c2ccccc12)C(=O)Nc1ccc(Cl)cn1. The molecule has 2 aromatic heterocycles. The lowest BCUT2D eigenvalue weighted by Gasteiger charge is -2.21. The number of halogens is 1. The van der Waals surface area contributed by atoms with Crippen LogP contribution in [0, 0.1) is 0 Å². The molecule has 30 heavy (non-hydrogen) atoms. The minimum absolute atomic E-state index is 0.103. The standard InChI is InChI=1S/C24H23ClN4O/c1-16(24(30)29-23-12-11-18(25)13-28-23)26-14-20(17-7-3-2-4-8-17)21-15-27-22-10-6-5-9-19(21)22/h2-13,15-16,20,26-27H,14H2,1H3,(H,28,29,30)/t16-,20+/m0/s1. The lowest BCUT2D eigenvalue weighted by atomic mass is 9.90. The maximum absolute atomic E-state index is 12.6. The van der Waals surface area contributed by atoms with Crippen molar-refractivity contribution in [3.05, 3.63) is 95.3 Å². The largest absolute Gasteiger partial charge is 0.361 e. The lowest BCUT2D eigenvalue weighted by Crippen LogP contribution is -2.40. The van der Waals surface area contributed by atoms with Gasteiger partial charge in [0, 0.05) is 35.8 Å². The van der Waals surface area contributed by atoms with Crippen molar-refractivity contribution in [1.29, 1.82) is 0 Å². The number of aromatic nitrogens is 2. The van der Waals surface area contributed by atoms with Crippen molar-refractivity contribution in [2.75, 3.05) is 11.9 Å². The van der Waals surface area contributed by atoms with Crippen molar-refractivity contribution >= 4 is 34.2 Å². The van der Waals surface area contributed by atoms with Crippen molar-refractivity contribution < 1.29 is 4.79 Å². The Balaban J connectivity index is 1.51. The minimum Gasteiger partial charge on any atom is -0.361 e. The van der Waals surface area contributed by atoms with Gasteiger partial charge >= 0.3 is 0 Å². The fraction of sp³-hybridized carbons (Fsp3) is 0.167. The van der Waals surface area contributed by atoms with Crippen LogP contribution < -0.4 is 10.6 Å². The zero-order valence-electron chi connectivity index (χ0n) is 16.6. The summed E-state index contributed by atoms with van der Waals surface area (Å²) in [5.41, 5.74) is 3.51. The zero-order chi connectivity index (χ0) is 20.9. The molecule has 4 aromatic rings. The molecule has 152 valence electrons. The van der Waals surface area contributed by atoms with Crippen LogP contribution in [0.2, 0.25) is 5.02 Å². The van der Waals surface area contributed by atoms with Crippen LogP contribution in [0.1, 0.15) is 24.0 Å². The number of pyridine rings is 1. The molecule has 4 rings (SSSR count). The number of anilines is 1. The van der Waals surface area contributed by atoms with E-state index in [9.17, 15) is 4.79 Å². The number of nitrogens with zero attached hydrogens (tertiary/aromatic N) is 1. The van der Waals surface area contributed by atoms with Crippen LogP contribution >= 0.6 is 11.6 Å². The fourth-order valence-corrected chi connectivity index (χ4v) is 3.66. The molecule has 0 radical (unpaired) electrons. The van der Waals surface area contributed by atoms with E-state index in [-0.39, 0.29) is 17.9 Å². The Hall–Kier alpha value is -3.15. The molecule has 1 amide bonds. The summed E-state index contributed by atoms with van der Waals surface area (Å²) in [6.45, 7) is 2.47. The van der Waals surface area contributed by atoms with Crippen LogP contribution in [0.25, 0.3) is 10.9 Å². The van der Waals surface area contributed by atoms with Gasteiger partial charge in [0.05, 0.1) is 11.1 Å². The first-order chi connectivity index (χ1) is 14.6. The molecular weight excluding hydrogens is 396 g/mol. The Labute approximate surface area is 180 Å². The molecule has 2 aromatic carbocycles. The second-order valence-corrected chi connectivity index (χ2v) is 7.67. The normalized spacial score (nSPS) is 13.1. The van der Waals surface area contributed by atoms with Crippen LogP contribution in [0.4, 0.5) is 5.82 Å². The van der Waals surface area contributed by atoms with Gasteiger partial charge in [-0.3, -0.25) is 4.79 Å². The molecule has 6 heteroatoms. The van der Waals surface area contributed by atoms with Crippen LogP contribution in [-0.2, 0) is 4.79 Å². The van der Waals surface area contributed by atoms with Crippen LogP contribution in [0.15, 0.2) is 79.1 Å². The Morgan fingerprint density at radius 2 is 1.83 bits per heavy atom. The maximum atomic E-state index is 12.6. The molecule has 0 aliphatic carbocycles. The lowest BCUT2D eigenvalue weighted by molar-refractivity contribution is -0.117. The van der Waals surface area contributed by atoms with Gasteiger partial charge in [0.15, 0.2) is 0 Å². The Kier molecular flexibility index (Phi) is 6.12. The van der Waals surface area contributed by atoms with Gasteiger partial charge in [0.25, 0.3) is 0 Å². The molecule has 0 unspecified atom stereocenters. The van der Waals surface area contributed by atoms with Gasteiger partial charge in [-0.2, -0.15) is 0 Å². The molecule has 0 saturated heterocycles. The Morgan fingerprint density at radius 3 is 2.60 bits per heavy atom. The topological polar surface area (TPSA) is 69.8 Å². The number of para-hydroxylation sites is 1. The number of benzene rings is 2. The number of aromatic amines is 1. The van der Waals surface area contributed by atoms with Gasteiger partial charge in [-0.1, -0.05) is 60.1 Å². The quantitative estimate of drug-likeness (QED) is 0.397. The van der Waals surface area contributed by atoms with E-state index < -0.39 is 0 Å². The highest BCUT2D eigenvalue weighted by Gasteiger charge is 2.21. The van der Waals surface area contributed by atoms with E-state index in [1.54, 1.807) is 12.1 Å². The Bertz CT molecular complexity index is 1120. The molecule has 2 atom stereocenters. The monoisotopic (exact) mass is 418 g/mol. The van der Waals surface area contributed by atoms with E-state index in [1.807, 2.05) is 37.3 Å². The number of nitrogens with one attached hydrogen (secondary N) is 3. The van der Waals surface area contributed by atoms with Crippen molar-refractivity contribution in [3.63, 3.8) is 0 Å². The molecule has 2 heterocycles. The van der Waals surface area contributed by atoms with Crippen molar-refractivity contribution in [2.45, 2.75) is 18.9 Å². The summed E-state index contributed by atoms with van der Waals surface area (Å²) >= 11 is 5.85. The van der Waals surface area contributed by atoms with E-state index >= 15 is 0 Å². The van der Waals surface area contributed by atoms with Gasteiger partial charge in [-0.15, -0.1) is 0 Å². The number of hydrogen-bond donors (Lipinski definition) is 3. The minimum atomic E-state index is -0.390. The van der Waals surface area contributed by atoms with Gasteiger partial charge in [0.1, 0.15) is 5.82 Å². The summed E-state index contributed by atoms with van der Waals surface area (Å²) in [6.07, 6.45) is 3.57.